The molecule has 0 radical (unpaired) electrons. The molecule has 0 unspecified atom stereocenters. The van der Waals surface area contributed by atoms with E-state index in [1.54, 1.807) is 0 Å². The molecule has 0 aliphatic rings. The van der Waals surface area contributed by atoms with Crippen molar-refractivity contribution >= 4 is 76.0 Å². The van der Waals surface area contributed by atoms with Crippen LogP contribution >= 0.6 is 23.2 Å². The van der Waals surface area contributed by atoms with Crippen molar-refractivity contribution in [2.75, 3.05) is 5.32 Å². The van der Waals surface area contributed by atoms with Crippen LogP contribution in [0.4, 0.5) is 11.6 Å². The Morgan fingerprint density at radius 1 is 0.725 bits per heavy atom. The first-order chi connectivity index (χ1) is 18.3. The molecule has 0 spiro atoms. The topological polar surface area (TPSA) is 234 Å². The highest BCUT2D eigenvalue weighted by Crippen LogP contribution is 2.47. The summed E-state index contributed by atoms with van der Waals surface area (Å²) >= 11 is 11.6. The third-order valence-electron chi connectivity index (χ3n) is 5.70. The zero-order chi connectivity index (χ0) is 29.9. The van der Waals surface area contributed by atoms with Crippen molar-refractivity contribution in [3.63, 3.8) is 0 Å². The van der Waals surface area contributed by atoms with Gasteiger partial charge in [-0.3, -0.25) is 13.7 Å². The monoisotopic (exact) mass is 650 g/mol. The SMILES string of the molecule is Cc1cc(-c2c(S(=O)(=O)O)cc3cc(S(=O)(=O)O)cc(Nc4nc(Cl)nc(Cl)n4)c3c2O)c(S(=O)(=O)O)cc1C. The molecular weight excluding hydrogens is 635 g/mol. The lowest BCUT2D eigenvalue weighted by molar-refractivity contribution is 0.471. The van der Waals surface area contributed by atoms with Gasteiger partial charge >= 0.3 is 0 Å². The molecule has 40 heavy (non-hydrogen) atoms. The number of hydrogen-bond acceptors (Lipinski definition) is 11. The van der Waals surface area contributed by atoms with Gasteiger partial charge in [-0.1, -0.05) is 0 Å². The first-order valence-electron chi connectivity index (χ1n) is 10.5. The summed E-state index contributed by atoms with van der Waals surface area (Å²) in [6.07, 6.45) is 0. The summed E-state index contributed by atoms with van der Waals surface area (Å²) in [6.45, 7) is 3.05. The van der Waals surface area contributed by atoms with Gasteiger partial charge in [0, 0.05) is 16.5 Å². The van der Waals surface area contributed by atoms with E-state index in [1.165, 1.54) is 19.9 Å². The summed E-state index contributed by atoms with van der Waals surface area (Å²) in [5, 5.41) is 12.5. The number of rotatable bonds is 6. The molecule has 5 N–H and O–H groups in total. The number of fused-ring (bicyclic) bond motifs is 1. The number of anilines is 2. The van der Waals surface area contributed by atoms with Gasteiger partial charge in [-0.25, -0.2) is 0 Å². The summed E-state index contributed by atoms with van der Waals surface area (Å²) in [5.41, 5.74) is -0.818. The van der Waals surface area contributed by atoms with Crippen molar-refractivity contribution in [2.24, 2.45) is 0 Å². The lowest BCUT2D eigenvalue weighted by atomic mass is 9.95. The first-order valence-corrected chi connectivity index (χ1v) is 15.6. The standard InChI is InChI=1S/C21H16Cl2N4O10S3/c1-8-3-12(14(4-9(8)2)39(32,33)34)17-15(40(35,36)37)6-10-5-11(38(29,30)31)7-13(16(10)18(17)28)24-21-26-19(22)25-20(23)27-21/h3-7,28H,1-2H3,(H,29,30,31)(H,32,33,34)(H,35,36,37)(H,24,25,26,27). The molecule has 4 aromatic rings. The van der Waals surface area contributed by atoms with E-state index in [1.807, 2.05) is 0 Å². The Morgan fingerprint density at radius 2 is 1.27 bits per heavy atom. The molecule has 19 heteroatoms. The van der Waals surface area contributed by atoms with E-state index in [4.69, 9.17) is 23.2 Å². The van der Waals surface area contributed by atoms with Crippen molar-refractivity contribution < 1.29 is 44.0 Å². The van der Waals surface area contributed by atoms with Gasteiger partial charge in [0.25, 0.3) is 30.4 Å². The molecule has 212 valence electrons. The second-order valence-electron chi connectivity index (χ2n) is 8.35. The maximum Gasteiger partial charge on any atom is 0.295 e. The summed E-state index contributed by atoms with van der Waals surface area (Å²) in [6, 6.07) is 4.54. The van der Waals surface area contributed by atoms with E-state index in [-0.39, 0.29) is 33.0 Å². The average Bonchev–Trinajstić information content (AvgIpc) is 2.77. The predicted octanol–water partition coefficient (Wildman–Crippen LogP) is 3.80. The maximum atomic E-state index is 12.5. The molecule has 4 rings (SSSR count). The zero-order valence-electron chi connectivity index (χ0n) is 19.9. The number of aryl methyl sites for hydroxylation is 2. The van der Waals surface area contributed by atoms with Crippen molar-refractivity contribution in [3.8, 4) is 16.9 Å². The van der Waals surface area contributed by atoms with E-state index in [2.05, 4.69) is 20.3 Å². The van der Waals surface area contributed by atoms with Crippen molar-refractivity contribution in [2.45, 2.75) is 28.5 Å². The third kappa shape index (κ3) is 5.81. The Kier molecular flexibility index (Phi) is 7.48. The largest absolute Gasteiger partial charge is 0.507 e. The molecule has 0 saturated carbocycles. The molecule has 0 fully saturated rings. The predicted molar refractivity (Wildman–Crippen MR) is 143 cm³/mol. The Labute approximate surface area is 236 Å². The van der Waals surface area contributed by atoms with E-state index in [0.717, 1.165) is 24.3 Å². The molecule has 0 atom stereocenters. The normalized spacial score (nSPS) is 12.6. The Morgan fingerprint density at radius 3 is 1.80 bits per heavy atom. The van der Waals surface area contributed by atoms with E-state index < -0.39 is 61.9 Å². The number of nitrogens with zero attached hydrogens (tertiary/aromatic N) is 3. The molecule has 3 aromatic carbocycles. The van der Waals surface area contributed by atoms with Crippen LogP contribution < -0.4 is 5.32 Å². The van der Waals surface area contributed by atoms with Gasteiger partial charge in [-0.2, -0.15) is 40.2 Å². The van der Waals surface area contributed by atoms with Crippen LogP contribution in [0.1, 0.15) is 11.1 Å². The molecule has 14 nitrogen and oxygen atoms in total. The minimum absolute atomic E-state index is 0.345. The molecule has 1 aromatic heterocycles. The Balaban J connectivity index is 2.24. The fraction of sp³-hybridized carbons (Fsp3) is 0.0952. The van der Waals surface area contributed by atoms with E-state index in [9.17, 15) is 44.0 Å². The number of hydrogen-bond donors (Lipinski definition) is 5. The van der Waals surface area contributed by atoms with Crippen molar-refractivity contribution in [1.82, 2.24) is 15.0 Å². The fourth-order valence-electron chi connectivity index (χ4n) is 3.88. The van der Waals surface area contributed by atoms with Crippen LogP contribution in [0, 0.1) is 13.8 Å². The highest BCUT2D eigenvalue weighted by Gasteiger charge is 2.30. The van der Waals surface area contributed by atoms with Crippen LogP contribution in [-0.2, 0) is 30.4 Å². The molecule has 0 saturated heterocycles. The minimum Gasteiger partial charge on any atom is -0.507 e. The molecule has 0 aliphatic carbocycles. The zero-order valence-corrected chi connectivity index (χ0v) is 23.9. The van der Waals surface area contributed by atoms with Crippen molar-refractivity contribution in [1.29, 1.82) is 0 Å². The number of halogens is 2. The second kappa shape index (κ2) is 10.0. The maximum absolute atomic E-state index is 12.5. The van der Waals surface area contributed by atoms with E-state index in [0.29, 0.717) is 11.1 Å². The third-order valence-corrected chi connectivity index (χ3v) is 8.64. The van der Waals surface area contributed by atoms with Gasteiger partial charge in [0.2, 0.25) is 16.5 Å². The highest BCUT2D eigenvalue weighted by atomic mass is 35.5. The number of phenols is 1. The lowest BCUT2D eigenvalue weighted by Gasteiger charge is -2.19. The van der Waals surface area contributed by atoms with Gasteiger partial charge in [0.05, 0.1) is 10.6 Å². The molecule has 0 bridgehead atoms. The number of benzene rings is 3. The summed E-state index contributed by atoms with van der Waals surface area (Å²) < 4.78 is 103. The van der Waals surface area contributed by atoms with Gasteiger partial charge in [0.15, 0.2) is 0 Å². The fourth-order valence-corrected chi connectivity index (χ4v) is 6.29. The first kappa shape index (κ1) is 29.8. The van der Waals surface area contributed by atoms with Crippen molar-refractivity contribution in [3.05, 3.63) is 52.0 Å². The number of nitrogens with one attached hydrogen (secondary N) is 1. The summed E-state index contributed by atoms with van der Waals surface area (Å²) in [7, 11) is -15.2. The smallest absolute Gasteiger partial charge is 0.295 e. The molecule has 0 amide bonds. The second-order valence-corrected chi connectivity index (χ2v) is 13.2. The molecular formula is C21H16Cl2N4O10S3. The van der Waals surface area contributed by atoms with E-state index >= 15 is 0 Å². The highest BCUT2D eigenvalue weighted by molar-refractivity contribution is 7.86. The molecule has 0 aliphatic heterocycles. The van der Waals surface area contributed by atoms with Crippen LogP contribution in [0.5, 0.6) is 5.75 Å². The van der Waals surface area contributed by atoms with Gasteiger partial charge < -0.3 is 10.4 Å². The van der Waals surface area contributed by atoms with Crippen LogP contribution in [0.3, 0.4) is 0 Å². The van der Waals surface area contributed by atoms with Crippen LogP contribution in [-0.4, -0.2) is 59.0 Å². The summed E-state index contributed by atoms with van der Waals surface area (Å²) in [4.78, 5) is 8.47. The molecule has 1 heterocycles. The lowest BCUT2D eigenvalue weighted by Crippen LogP contribution is -2.08. The van der Waals surface area contributed by atoms with Gasteiger partial charge in [0.1, 0.15) is 15.5 Å². The van der Waals surface area contributed by atoms with Gasteiger partial charge in [-0.15, -0.1) is 0 Å². The summed E-state index contributed by atoms with van der Waals surface area (Å²) in [5.74, 6) is -1.35. The Hall–Kier alpha value is -3.16. The quantitative estimate of drug-likeness (QED) is 0.187. The van der Waals surface area contributed by atoms with Gasteiger partial charge in [-0.05, 0) is 83.9 Å². The van der Waals surface area contributed by atoms with Crippen LogP contribution in [0.25, 0.3) is 21.9 Å². The minimum atomic E-state index is -5.25. The number of aromatic hydroxyl groups is 1. The Bertz CT molecular complexity index is 2050. The number of phenolic OH excluding ortho intramolecular Hbond substituents is 1. The number of aromatic nitrogens is 3. The van der Waals surface area contributed by atoms with Crippen LogP contribution in [0.15, 0.2) is 45.0 Å². The average molecular weight is 651 g/mol. The van der Waals surface area contributed by atoms with Crippen LogP contribution in [0.2, 0.25) is 10.6 Å².